The second kappa shape index (κ2) is 8.78. The molecule has 0 saturated heterocycles. The minimum absolute atomic E-state index is 0.123. The fraction of sp³-hybridized carbons (Fsp3) is 0.250. The van der Waals surface area contributed by atoms with E-state index in [2.05, 4.69) is 20.6 Å². The molecule has 0 bridgehead atoms. The molecule has 2 aliphatic heterocycles. The Morgan fingerprint density at radius 2 is 2.00 bits per heavy atom. The third kappa shape index (κ3) is 3.88. The molecule has 3 N–H and O–H groups in total. The monoisotopic (exact) mass is 459 g/mol. The van der Waals surface area contributed by atoms with E-state index >= 15 is 0 Å². The minimum atomic E-state index is -1.08. The summed E-state index contributed by atoms with van der Waals surface area (Å²) < 4.78 is 16.4. The van der Waals surface area contributed by atoms with Gasteiger partial charge in [-0.3, -0.25) is 14.6 Å². The first-order valence-corrected chi connectivity index (χ1v) is 10.7. The number of ether oxygens (including phenoxy) is 3. The van der Waals surface area contributed by atoms with Gasteiger partial charge in [0, 0.05) is 12.5 Å². The van der Waals surface area contributed by atoms with Crippen molar-refractivity contribution in [2.75, 3.05) is 31.0 Å². The van der Waals surface area contributed by atoms with Crippen LogP contribution in [0.1, 0.15) is 22.6 Å². The summed E-state index contributed by atoms with van der Waals surface area (Å²) in [4.78, 5) is 33.0. The average Bonchev–Trinajstić information content (AvgIpc) is 2.86. The van der Waals surface area contributed by atoms with Crippen molar-refractivity contribution < 1.29 is 19.0 Å². The number of rotatable bonds is 5. The van der Waals surface area contributed by atoms with Crippen molar-refractivity contribution in [3.05, 3.63) is 69.5 Å². The molecule has 0 fully saturated rings. The van der Waals surface area contributed by atoms with Crippen molar-refractivity contribution in [1.29, 1.82) is 5.26 Å². The number of aromatic nitrogens is 2. The molecule has 2 atom stereocenters. The van der Waals surface area contributed by atoms with Crippen LogP contribution in [0.2, 0.25) is 0 Å². The molecule has 10 heteroatoms. The standard InChI is InChI=1S/C24H21N5O5/c1-32-15-4-2-3-14(10-15)19-16(11-25)22(30)27-21-20(19)23(31)29-24(28-21)26-12-13-5-6-17-18(9-13)34-8-7-33-17/h2-6,9-10,16,19H,7-8,12H2,1H3,(H3,26,27,28,29,30,31). The lowest BCUT2D eigenvalue weighted by atomic mass is 9.79. The van der Waals surface area contributed by atoms with Crippen LogP contribution in [0.15, 0.2) is 47.3 Å². The molecule has 0 saturated carbocycles. The smallest absolute Gasteiger partial charge is 0.258 e. The summed E-state index contributed by atoms with van der Waals surface area (Å²) >= 11 is 0. The van der Waals surface area contributed by atoms with Gasteiger partial charge in [-0.25, -0.2) is 0 Å². The topological polar surface area (TPSA) is 138 Å². The van der Waals surface area contributed by atoms with E-state index in [4.69, 9.17) is 14.2 Å². The van der Waals surface area contributed by atoms with Gasteiger partial charge in [-0.05, 0) is 35.4 Å². The lowest BCUT2D eigenvalue weighted by Crippen LogP contribution is -2.38. The Morgan fingerprint density at radius 1 is 1.18 bits per heavy atom. The Kier molecular flexibility index (Phi) is 5.51. The quantitative estimate of drug-likeness (QED) is 0.529. The Morgan fingerprint density at radius 3 is 2.79 bits per heavy atom. The molecule has 1 aromatic heterocycles. The summed E-state index contributed by atoms with van der Waals surface area (Å²) in [6, 6.07) is 14.6. The Bertz CT molecular complexity index is 1360. The first-order chi connectivity index (χ1) is 16.6. The van der Waals surface area contributed by atoms with Crippen LogP contribution in [0.5, 0.6) is 17.2 Å². The van der Waals surface area contributed by atoms with Gasteiger partial charge in [0.25, 0.3) is 5.56 Å². The number of nitrogens with zero attached hydrogens (tertiary/aromatic N) is 2. The molecule has 2 aromatic carbocycles. The largest absolute Gasteiger partial charge is 0.497 e. The zero-order chi connectivity index (χ0) is 23.7. The van der Waals surface area contributed by atoms with Crippen molar-refractivity contribution >= 4 is 17.7 Å². The van der Waals surface area contributed by atoms with Crippen molar-refractivity contribution in [3.63, 3.8) is 0 Å². The number of anilines is 2. The first kappa shape index (κ1) is 21.3. The first-order valence-electron chi connectivity index (χ1n) is 10.7. The summed E-state index contributed by atoms with van der Waals surface area (Å²) in [6.45, 7) is 1.36. The number of carbonyl (C=O) groups excluding carboxylic acids is 1. The van der Waals surface area contributed by atoms with E-state index in [9.17, 15) is 14.9 Å². The van der Waals surface area contributed by atoms with E-state index in [0.717, 1.165) is 5.56 Å². The van der Waals surface area contributed by atoms with Gasteiger partial charge in [0.1, 0.15) is 30.7 Å². The van der Waals surface area contributed by atoms with E-state index in [0.29, 0.717) is 42.6 Å². The normalized spacial score (nSPS) is 18.3. The van der Waals surface area contributed by atoms with Crippen LogP contribution < -0.4 is 30.4 Å². The van der Waals surface area contributed by atoms with E-state index in [-0.39, 0.29) is 17.3 Å². The van der Waals surface area contributed by atoms with Gasteiger partial charge in [0.2, 0.25) is 11.9 Å². The van der Waals surface area contributed by atoms with Gasteiger partial charge in [-0.2, -0.15) is 10.2 Å². The second-order valence-electron chi connectivity index (χ2n) is 7.86. The number of methoxy groups -OCH3 is 1. The number of hydrogen-bond donors (Lipinski definition) is 3. The lowest BCUT2D eigenvalue weighted by Gasteiger charge is -2.28. The second-order valence-corrected chi connectivity index (χ2v) is 7.86. The molecule has 5 rings (SSSR count). The number of carbonyl (C=O) groups is 1. The summed E-state index contributed by atoms with van der Waals surface area (Å²) in [7, 11) is 1.52. The molecular formula is C24H21N5O5. The maximum Gasteiger partial charge on any atom is 0.258 e. The number of benzene rings is 2. The maximum atomic E-state index is 13.1. The van der Waals surface area contributed by atoms with E-state index in [1.165, 1.54) is 7.11 Å². The number of H-pyrrole nitrogens is 1. The number of nitriles is 1. The van der Waals surface area contributed by atoms with Gasteiger partial charge in [0.15, 0.2) is 11.5 Å². The summed E-state index contributed by atoms with van der Waals surface area (Å²) in [5, 5.41) is 15.4. The molecule has 3 aromatic rings. The molecule has 2 aliphatic rings. The van der Waals surface area contributed by atoms with Crippen LogP contribution in [-0.2, 0) is 11.3 Å². The molecule has 10 nitrogen and oxygen atoms in total. The summed E-state index contributed by atoms with van der Waals surface area (Å²) in [6.07, 6.45) is 0. The van der Waals surface area contributed by atoms with Crippen LogP contribution in [0, 0.1) is 17.2 Å². The van der Waals surface area contributed by atoms with Gasteiger partial charge >= 0.3 is 0 Å². The zero-order valence-electron chi connectivity index (χ0n) is 18.3. The zero-order valence-corrected chi connectivity index (χ0v) is 18.3. The molecule has 3 heterocycles. The van der Waals surface area contributed by atoms with Crippen LogP contribution in [0.25, 0.3) is 0 Å². The number of hydrogen-bond acceptors (Lipinski definition) is 8. The summed E-state index contributed by atoms with van der Waals surface area (Å²) in [5.74, 6) is -0.160. The maximum absolute atomic E-state index is 13.1. The predicted octanol–water partition coefficient (Wildman–Crippen LogP) is 2.39. The third-order valence-electron chi connectivity index (χ3n) is 5.78. The van der Waals surface area contributed by atoms with Crippen molar-refractivity contribution in [3.8, 4) is 23.3 Å². The molecular weight excluding hydrogens is 438 g/mol. The number of nitrogens with one attached hydrogen (secondary N) is 3. The molecule has 34 heavy (non-hydrogen) atoms. The van der Waals surface area contributed by atoms with Crippen LogP contribution in [0.3, 0.4) is 0 Å². The lowest BCUT2D eigenvalue weighted by molar-refractivity contribution is -0.119. The molecule has 1 amide bonds. The molecule has 0 aliphatic carbocycles. The number of aromatic amines is 1. The van der Waals surface area contributed by atoms with E-state index in [1.54, 1.807) is 24.3 Å². The minimum Gasteiger partial charge on any atom is -0.497 e. The van der Waals surface area contributed by atoms with Crippen LogP contribution >= 0.6 is 0 Å². The number of amides is 1. The van der Waals surface area contributed by atoms with E-state index in [1.807, 2.05) is 24.3 Å². The van der Waals surface area contributed by atoms with E-state index < -0.39 is 23.3 Å². The predicted molar refractivity (Wildman–Crippen MR) is 122 cm³/mol. The fourth-order valence-corrected chi connectivity index (χ4v) is 4.17. The Balaban J connectivity index is 1.46. The summed E-state index contributed by atoms with van der Waals surface area (Å²) in [5.41, 5.74) is 1.30. The fourth-order valence-electron chi connectivity index (χ4n) is 4.17. The average molecular weight is 459 g/mol. The highest BCUT2D eigenvalue weighted by Crippen LogP contribution is 2.39. The van der Waals surface area contributed by atoms with Crippen molar-refractivity contribution in [2.45, 2.75) is 12.5 Å². The Labute approximate surface area is 194 Å². The highest BCUT2D eigenvalue weighted by Gasteiger charge is 2.40. The third-order valence-corrected chi connectivity index (χ3v) is 5.78. The SMILES string of the molecule is COc1cccc(C2c3c(nc(NCc4ccc5c(c4)OCCO5)[nH]c3=O)NC(=O)C2C#N)c1. The van der Waals surface area contributed by atoms with Crippen LogP contribution in [-0.4, -0.2) is 36.2 Å². The van der Waals surface area contributed by atoms with Gasteiger partial charge < -0.3 is 24.8 Å². The number of fused-ring (bicyclic) bond motifs is 2. The van der Waals surface area contributed by atoms with Crippen molar-refractivity contribution in [2.24, 2.45) is 5.92 Å². The highest BCUT2D eigenvalue weighted by atomic mass is 16.6. The molecule has 0 spiro atoms. The Hall–Kier alpha value is -4.52. The molecule has 2 unspecified atom stereocenters. The van der Waals surface area contributed by atoms with Gasteiger partial charge in [-0.1, -0.05) is 18.2 Å². The van der Waals surface area contributed by atoms with Gasteiger partial charge in [-0.15, -0.1) is 0 Å². The molecule has 172 valence electrons. The molecule has 0 radical (unpaired) electrons. The van der Waals surface area contributed by atoms with Gasteiger partial charge in [0.05, 0.1) is 18.7 Å². The highest BCUT2D eigenvalue weighted by molar-refractivity contribution is 5.98. The van der Waals surface area contributed by atoms with Crippen molar-refractivity contribution in [1.82, 2.24) is 9.97 Å². The van der Waals surface area contributed by atoms with Crippen LogP contribution in [0.4, 0.5) is 11.8 Å².